The highest BCUT2D eigenvalue weighted by Crippen LogP contribution is 2.24. The maximum absolute atomic E-state index is 13.0. The van der Waals surface area contributed by atoms with Crippen LogP contribution in [0.5, 0.6) is 0 Å². The Morgan fingerprint density at radius 1 is 1.27 bits per heavy atom. The highest BCUT2D eigenvalue weighted by Gasteiger charge is 2.25. The normalized spacial score (nSPS) is 11.8. The number of hydrogen-bond acceptors (Lipinski definition) is 5. The molecule has 0 N–H and O–H groups in total. The van der Waals surface area contributed by atoms with E-state index < -0.39 is 22.1 Å². The molecule has 0 fully saturated rings. The Morgan fingerprint density at radius 3 is 2.58 bits per heavy atom. The van der Waals surface area contributed by atoms with Gasteiger partial charge in [-0.15, -0.1) is 6.58 Å². The lowest BCUT2D eigenvalue weighted by molar-refractivity contribution is 0.0435. The molecule has 2 aromatic carbocycles. The van der Waals surface area contributed by atoms with Gasteiger partial charge in [-0.05, 0) is 37.3 Å². The second-order valence-corrected chi connectivity index (χ2v) is 7.23. The first kappa shape index (κ1) is 19.2. The van der Waals surface area contributed by atoms with E-state index in [2.05, 4.69) is 6.58 Å². The third kappa shape index (κ3) is 4.29. The van der Waals surface area contributed by atoms with E-state index in [1.165, 1.54) is 41.6 Å². The standard InChI is InChI=1S/C19H18N2O4S/c1-3-12-21(17-9-5-4-6-10-17)26(23,24)18-11-7-8-16(13-18)19(22)25-15(2)14-20/h3-11,13,15H,1,12H2,2H3/t15-/m0/s1. The van der Waals surface area contributed by atoms with Gasteiger partial charge in [-0.25, -0.2) is 13.2 Å². The molecule has 7 heteroatoms. The van der Waals surface area contributed by atoms with Crippen molar-refractivity contribution in [1.82, 2.24) is 0 Å². The Bertz CT molecular complexity index is 934. The van der Waals surface area contributed by atoms with Crippen molar-refractivity contribution in [3.63, 3.8) is 0 Å². The van der Waals surface area contributed by atoms with Crippen LogP contribution >= 0.6 is 0 Å². The Kier molecular flexibility index (Phi) is 6.15. The number of anilines is 1. The number of benzene rings is 2. The van der Waals surface area contributed by atoms with Gasteiger partial charge in [0.15, 0.2) is 6.10 Å². The summed E-state index contributed by atoms with van der Waals surface area (Å²) in [7, 11) is -3.92. The van der Waals surface area contributed by atoms with Crippen LogP contribution in [-0.4, -0.2) is 27.0 Å². The third-order valence-electron chi connectivity index (χ3n) is 3.46. The number of esters is 1. The lowest BCUT2D eigenvalue weighted by Crippen LogP contribution is -2.31. The van der Waals surface area contributed by atoms with E-state index in [0.717, 1.165) is 0 Å². The molecule has 6 nitrogen and oxygen atoms in total. The number of nitriles is 1. The summed E-state index contributed by atoms with van der Waals surface area (Å²) in [5.74, 6) is -0.758. The van der Waals surface area contributed by atoms with Gasteiger partial charge in [0.05, 0.1) is 22.7 Å². The van der Waals surface area contributed by atoms with Crippen LogP contribution in [0.2, 0.25) is 0 Å². The van der Waals surface area contributed by atoms with Crippen LogP contribution in [-0.2, 0) is 14.8 Å². The number of sulfonamides is 1. The molecule has 0 heterocycles. The van der Waals surface area contributed by atoms with E-state index in [9.17, 15) is 13.2 Å². The topological polar surface area (TPSA) is 87.5 Å². The highest BCUT2D eigenvalue weighted by atomic mass is 32.2. The van der Waals surface area contributed by atoms with Crippen LogP contribution in [0.15, 0.2) is 72.1 Å². The molecule has 0 bridgehead atoms. The van der Waals surface area contributed by atoms with Crippen molar-refractivity contribution in [2.45, 2.75) is 17.9 Å². The monoisotopic (exact) mass is 370 g/mol. The molecule has 0 aromatic heterocycles. The number of nitrogens with zero attached hydrogens (tertiary/aromatic N) is 2. The van der Waals surface area contributed by atoms with Crippen LogP contribution in [0.25, 0.3) is 0 Å². The smallest absolute Gasteiger partial charge is 0.339 e. The molecule has 0 radical (unpaired) electrons. The lowest BCUT2D eigenvalue weighted by atomic mass is 10.2. The van der Waals surface area contributed by atoms with Gasteiger partial charge in [-0.2, -0.15) is 5.26 Å². The fraction of sp³-hybridized carbons (Fsp3) is 0.158. The number of hydrogen-bond donors (Lipinski definition) is 0. The van der Waals surface area contributed by atoms with Gasteiger partial charge in [-0.3, -0.25) is 4.31 Å². The minimum Gasteiger partial charge on any atom is -0.444 e. The molecule has 0 aliphatic heterocycles. The molecular weight excluding hydrogens is 352 g/mol. The van der Waals surface area contributed by atoms with Crippen LogP contribution in [0.1, 0.15) is 17.3 Å². The zero-order valence-electron chi connectivity index (χ0n) is 14.2. The van der Waals surface area contributed by atoms with Gasteiger partial charge in [0.2, 0.25) is 0 Å². The zero-order chi connectivity index (χ0) is 19.2. The summed E-state index contributed by atoms with van der Waals surface area (Å²) in [5.41, 5.74) is 0.540. The fourth-order valence-electron chi connectivity index (χ4n) is 2.22. The number of carbonyl (C=O) groups is 1. The van der Waals surface area contributed by atoms with Crippen LogP contribution < -0.4 is 4.31 Å². The second kappa shape index (κ2) is 8.32. The molecule has 0 aliphatic carbocycles. The summed E-state index contributed by atoms with van der Waals surface area (Å²) in [6.45, 7) is 5.12. The number of para-hydroxylation sites is 1. The SMILES string of the molecule is C=CCN(c1ccccc1)S(=O)(=O)c1cccc(C(=O)O[C@@H](C)C#N)c1. The Hall–Kier alpha value is -3.11. The molecular formula is C19H18N2O4S. The van der Waals surface area contributed by atoms with Crippen LogP contribution in [0, 0.1) is 11.3 Å². The van der Waals surface area contributed by atoms with Crippen molar-refractivity contribution in [1.29, 1.82) is 5.26 Å². The number of carbonyl (C=O) groups excluding carboxylic acids is 1. The van der Waals surface area contributed by atoms with Crippen LogP contribution in [0.4, 0.5) is 5.69 Å². The Morgan fingerprint density at radius 2 is 1.96 bits per heavy atom. The molecule has 0 aliphatic rings. The minimum atomic E-state index is -3.92. The average molecular weight is 370 g/mol. The van der Waals surface area contributed by atoms with E-state index in [4.69, 9.17) is 10.00 Å². The van der Waals surface area contributed by atoms with Crippen molar-refractivity contribution in [3.8, 4) is 6.07 Å². The maximum Gasteiger partial charge on any atom is 0.339 e. The molecule has 0 amide bonds. The van der Waals surface area contributed by atoms with Gasteiger partial charge in [0.1, 0.15) is 6.07 Å². The Balaban J connectivity index is 2.42. The van der Waals surface area contributed by atoms with Crippen molar-refractivity contribution < 1.29 is 17.9 Å². The predicted octanol–water partition coefficient (Wildman–Crippen LogP) is 3.14. The quantitative estimate of drug-likeness (QED) is 0.552. The van der Waals surface area contributed by atoms with E-state index >= 15 is 0 Å². The summed E-state index contributed by atoms with van der Waals surface area (Å²) in [6.07, 6.45) is 0.557. The summed E-state index contributed by atoms with van der Waals surface area (Å²) in [4.78, 5) is 12.0. The molecule has 0 saturated heterocycles. The van der Waals surface area contributed by atoms with Crippen molar-refractivity contribution >= 4 is 21.7 Å². The Labute approximate surface area is 153 Å². The predicted molar refractivity (Wildman–Crippen MR) is 98.1 cm³/mol. The van der Waals surface area contributed by atoms with Crippen molar-refractivity contribution in [2.24, 2.45) is 0 Å². The molecule has 2 rings (SSSR count). The number of ether oxygens (including phenoxy) is 1. The van der Waals surface area contributed by atoms with Gasteiger partial charge < -0.3 is 4.74 Å². The van der Waals surface area contributed by atoms with Gasteiger partial charge >= 0.3 is 5.97 Å². The lowest BCUT2D eigenvalue weighted by Gasteiger charge is -2.23. The first-order valence-corrected chi connectivity index (χ1v) is 9.23. The summed E-state index contributed by atoms with van der Waals surface area (Å²) < 4.78 is 32.2. The van der Waals surface area contributed by atoms with Crippen LogP contribution in [0.3, 0.4) is 0 Å². The largest absolute Gasteiger partial charge is 0.444 e. The van der Waals surface area contributed by atoms with Crippen molar-refractivity contribution in [2.75, 3.05) is 10.8 Å². The molecule has 0 spiro atoms. The van der Waals surface area contributed by atoms with E-state index in [-0.39, 0.29) is 17.0 Å². The molecule has 134 valence electrons. The third-order valence-corrected chi connectivity index (χ3v) is 5.25. The van der Waals surface area contributed by atoms with Gasteiger partial charge in [-0.1, -0.05) is 30.3 Å². The van der Waals surface area contributed by atoms with E-state index in [1.54, 1.807) is 36.4 Å². The zero-order valence-corrected chi connectivity index (χ0v) is 15.0. The molecule has 26 heavy (non-hydrogen) atoms. The number of rotatable bonds is 7. The molecule has 0 unspecified atom stereocenters. The summed E-state index contributed by atoms with van der Waals surface area (Å²) in [5, 5.41) is 8.73. The average Bonchev–Trinajstić information content (AvgIpc) is 2.66. The first-order valence-electron chi connectivity index (χ1n) is 7.79. The summed E-state index contributed by atoms with van der Waals surface area (Å²) in [6, 6.07) is 15.9. The molecule has 0 saturated carbocycles. The van der Waals surface area contributed by atoms with E-state index in [1.807, 2.05) is 0 Å². The van der Waals surface area contributed by atoms with Gasteiger partial charge in [0, 0.05) is 0 Å². The second-order valence-electron chi connectivity index (χ2n) is 5.36. The first-order chi connectivity index (χ1) is 12.4. The molecule has 1 atom stereocenters. The van der Waals surface area contributed by atoms with Gasteiger partial charge in [0.25, 0.3) is 10.0 Å². The fourth-order valence-corrected chi connectivity index (χ4v) is 3.70. The summed E-state index contributed by atoms with van der Waals surface area (Å²) >= 11 is 0. The van der Waals surface area contributed by atoms with E-state index in [0.29, 0.717) is 5.69 Å². The molecule has 2 aromatic rings. The maximum atomic E-state index is 13.0. The van der Waals surface area contributed by atoms with Crippen molar-refractivity contribution in [3.05, 3.63) is 72.8 Å². The minimum absolute atomic E-state index is 0.0535. The highest BCUT2D eigenvalue weighted by molar-refractivity contribution is 7.92.